The largest absolute Gasteiger partial charge is 0.504 e. The summed E-state index contributed by atoms with van der Waals surface area (Å²) in [7, 11) is 2.97. The number of benzene rings is 2. The fourth-order valence-electron chi connectivity index (χ4n) is 2.03. The number of phenolic OH excluding ortho intramolecular Hbond substituents is 1. The van der Waals surface area contributed by atoms with Gasteiger partial charge in [-0.15, -0.1) is 0 Å². The zero-order valence-electron chi connectivity index (χ0n) is 14.4. The third kappa shape index (κ3) is 4.97. The van der Waals surface area contributed by atoms with E-state index in [1.54, 1.807) is 42.5 Å². The van der Waals surface area contributed by atoms with Gasteiger partial charge < -0.3 is 19.9 Å². The van der Waals surface area contributed by atoms with Crippen molar-refractivity contribution in [3.05, 3.63) is 53.6 Å². The van der Waals surface area contributed by atoms with Gasteiger partial charge >= 0.3 is 0 Å². The summed E-state index contributed by atoms with van der Waals surface area (Å²) >= 11 is 0. The first-order chi connectivity index (χ1) is 12.5. The number of hydrogen-bond acceptors (Lipinski definition) is 6. The van der Waals surface area contributed by atoms with E-state index in [1.165, 1.54) is 20.4 Å². The van der Waals surface area contributed by atoms with Gasteiger partial charge in [-0.1, -0.05) is 6.07 Å². The molecule has 0 radical (unpaired) electrons. The highest BCUT2D eigenvalue weighted by molar-refractivity contribution is 5.96. The Kier molecular flexibility index (Phi) is 6.55. The number of nitrogens with zero attached hydrogens (tertiary/aromatic N) is 1. The molecule has 0 atom stereocenters. The smallest absolute Gasteiger partial charge is 0.259 e. The van der Waals surface area contributed by atoms with Crippen molar-refractivity contribution in [1.82, 2.24) is 10.7 Å². The van der Waals surface area contributed by atoms with Crippen LogP contribution in [0.3, 0.4) is 0 Å². The van der Waals surface area contributed by atoms with E-state index < -0.39 is 11.8 Å². The number of phenols is 1. The van der Waals surface area contributed by atoms with Crippen molar-refractivity contribution in [2.45, 2.75) is 0 Å². The molecule has 0 bridgehead atoms. The lowest BCUT2D eigenvalue weighted by molar-refractivity contribution is -0.120. The molecule has 0 fully saturated rings. The van der Waals surface area contributed by atoms with Gasteiger partial charge in [-0.05, 0) is 36.4 Å². The van der Waals surface area contributed by atoms with Crippen LogP contribution in [0.25, 0.3) is 0 Å². The molecule has 26 heavy (non-hydrogen) atoms. The summed E-state index contributed by atoms with van der Waals surface area (Å²) in [4.78, 5) is 23.7. The van der Waals surface area contributed by atoms with Gasteiger partial charge in [-0.2, -0.15) is 5.10 Å². The Morgan fingerprint density at radius 3 is 2.50 bits per heavy atom. The van der Waals surface area contributed by atoms with E-state index in [1.807, 2.05) is 0 Å². The van der Waals surface area contributed by atoms with Crippen LogP contribution in [0, 0.1) is 0 Å². The van der Waals surface area contributed by atoms with Crippen LogP contribution in [-0.4, -0.2) is 43.9 Å². The van der Waals surface area contributed by atoms with E-state index in [-0.39, 0.29) is 12.3 Å². The molecule has 2 aromatic rings. The van der Waals surface area contributed by atoms with Crippen LogP contribution in [0.4, 0.5) is 0 Å². The van der Waals surface area contributed by atoms with Crippen LogP contribution in [0.15, 0.2) is 47.6 Å². The number of hydrogen-bond donors (Lipinski definition) is 3. The molecular formula is C18H19N3O5. The summed E-state index contributed by atoms with van der Waals surface area (Å²) in [6.07, 6.45) is 1.28. The third-order valence-electron chi connectivity index (χ3n) is 3.40. The second-order valence-electron chi connectivity index (χ2n) is 5.10. The normalized spacial score (nSPS) is 10.4. The van der Waals surface area contributed by atoms with Crippen LogP contribution in [0.1, 0.15) is 15.9 Å². The molecule has 2 rings (SSSR count). The maximum atomic E-state index is 11.9. The Balaban J connectivity index is 1.84. The van der Waals surface area contributed by atoms with E-state index in [9.17, 15) is 14.7 Å². The Morgan fingerprint density at radius 1 is 1.12 bits per heavy atom. The first-order valence-electron chi connectivity index (χ1n) is 7.65. The molecule has 3 N–H and O–H groups in total. The third-order valence-corrected chi connectivity index (χ3v) is 3.40. The zero-order chi connectivity index (χ0) is 18.9. The highest BCUT2D eigenvalue weighted by Gasteiger charge is 2.08. The number of rotatable bonds is 7. The molecule has 8 heteroatoms. The second-order valence-corrected chi connectivity index (χ2v) is 5.10. The fraction of sp³-hybridized carbons (Fsp3) is 0.167. The number of para-hydroxylation sites is 1. The van der Waals surface area contributed by atoms with Gasteiger partial charge in [0, 0.05) is 11.1 Å². The molecule has 136 valence electrons. The fourth-order valence-corrected chi connectivity index (χ4v) is 2.03. The van der Waals surface area contributed by atoms with Crippen molar-refractivity contribution in [1.29, 1.82) is 0 Å². The SMILES string of the molecule is COc1ccc(C(=O)NCC(=O)NN=Cc2cccc(OC)c2O)cc1. The summed E-state index contributed by atoms with van der Waals surface area (Å²) in [6.45, 7) is -0.244. The minimum atomic E-state index is -0.509. The number of aromatic hydroxyl groups is 1. The van der Waals surface area contributed by atoms with Gasteiger partial charge in [0.1, 0.15) is 5.75 Å². The van der Waals surface area contributed by atoms with Gasteiger partial charge in [-0.3, -0.25) is 9.59 Å². The van der Waals surface area contributed by atoms with E-state index in [0.29, 0.717) is 22.6 Å². The summed E-state index contributed by atoms with van der Waals surface area (Å²) < 4.78 is 9.99. The van der Waals surface area contributed by atoms with Crippen LogP contribution in [-0.2, 0) is 4.79 Å². The van der Waals surface area contributed by atoms with Gasteiger partial charge in [0.2, 0.25) is 0 Å². The Labute approximate surface area is 150 Å². The van der Waals surface area contributed by atoms with Crippen LogP contribution in [0.5, 0.6) is 17.2 Å². The van der Waals surface area contributed by atoms with Crippen molar-refractivity contribution < 1.29 is 24.2 Å². The molecule has 0 saturated heterocycles. The molecule has 0 aliphatic heterocycles. The molecule has 2 aromatic carbocycles. The van der Waals surface area contributed by atoms with Crippen molar-refractivity contribution in [3.8, 4) is 17.2 Å². The first kappa shape index (κ1) is 18.8. The van der Waals surface area contributed by atoms with Gasteiger partial charge in [-0.25, -0.2) is 5.43 Å². The molecule has 0 aromatic heterocycles. The van der Waals surface area contributed by atoms with E-state index in [4.69, 9.17) is 9.47 Å². The van der Waals surface area contributed by atoms with Crippen molar-refractivity contribution >= 4 is 18.0 Å². The van der Waals surface area contributed by atoms with Crippen LogP contribution >= 0.6 is 0 Å². The maximum Gasteiger partial charge on any atom is 0.259 e. The monoisotopic (exact) mass is 357 g/mol. The summed E-state index contributed by atoms with van der Waals surface area (Å²) in [6, 6.07) is 11.4. The van der Waals surface area contributed by atoms with E-state index in [0.717, 1.165) is 0 Å². The van der Waals surface area contributed by atoms with E-state index >= 15 is 0 Å². The van der Waals surface area contributed by atoms with Crippen LogP contribution in [0.2, 0.25) is 0 Å². The molecule has 0 spiro atoms. The molecule has 0 aliphatic carbocycles. The molecule has 0 saturated carbocycles. The number of carbonyl (C=O) groups excluding carboxylic acids is 2. The summed E-state index contributed by atoms with van der Waals surface area (Å²) in [5.74, 6) is -0.0509. The standard InChI is InChI=1S/C18H19N3O5/c1-25-14-8-6-12(7-9-14)18(24)19-11-16(22)21-20-10-13-4-3-5-15(26-2)17(13)23/h3-10,23H,11H2,1-2H3,(H,19,24)(H,21,22). The number of methoxy groups -OCH3 is 2. The molecule has 2 amide bonds. The molecule has 0 unspecified atom stereocenters. The molecule has 8 nitrogen and oxygen atoms in total. The van der Waals surface area contributed by atoms with Crippen molar-refractivity contribution in [3.63, 3.8) is 0 Å². The molecule has 0 aliphatic rings. The highest BCUT2D eigenvalue weighted by atomic mass is 16.5. The quantitative estimate of drug-likeness (QED) is 0.511. The average molecular weight is 357 g/mol. The number of amides is 2. The Bertz CT molecular complexity index is 803. The second kappa shape index (κ2) is 9.07. The minimum Gasteiger partial charge on any atom is -0.504 e. The maximum absolute atomic E-state index is 11.9. The molecule has 0 heterocycles. The summed E-state index contributed by atoms with van der Waals surface area (Å²) in [5.41, 5.74) is 3.05. The number of hydrazone groups is 1. The van der Waals surface area contributed by atoms with Gasteiger partial charge in [0.05, 0.1) is 27.0 Å². The van der Waals surface area contributed by atoms with Gasteiger partial charge in [0.25, 0.3) is 11.8 Å². The predicted octanol–water partition coefficient (Wildman–Crippen LogP) is 1.29. The lowest BCUT2D eigenvalue weighted by atomic mass is 10.2. The number of ether oxygens (including phenoxy) is 2. The lowest BCUT2D eigenvalue weighted by Crippen LogP contribution is -2.34. The number of carbonyl (C=O) groups is 2. The first-order valence-corrected chi connectivity index (χ1v) is 7.65. The topological polar surface area (TPSA) is 109 Å². The van der Waals surface area contributed by atoms with Crippen molar-refractivity contribution in [2.75, 3.05) is 20.8 Å². The van der Waals surface area contributed by atoms with Crippen molar-refractivity contribution in [2.24, 2.45) is 5.10 Å². The zero-order valence-corrected chi connectivity index (χ0v) is 14.4. The lowest BCUT2D eigenvalue weighted by Gasteiger charge is -2.06. The van der Waals surface area contributed by atoms with Crippen LogP contribution < -0.4 is 20.2 Å². The minimum absolute atomic E-state index is 0.0826. The highest BCUT2D eigenvalue weighted by Crippen LogP contribution is 2.27. The average Bonchev–Trinajstić information content (AvgIpc) is 2.67. The Morgan fingerprint density at radius 2 is 1.85 bits per heavy atom. The van der Waals surface area contributed by atoms with Gasteiger partial charge in [0.15, 0.2) is 11.5 Å². The summed E-state index contributed by atoms with van der Waals surface area (Å²) in [5, 5.41) is 16.1. The van der Waals surface area contributed by atoms with E-state index in [2.05, 4.69) is 15.8 Å². The number of nitrogens with one attached hydrogen (secondary N) is 2. The predicted molar refractivity (Wildman–Crippen MR) is 95.7 cm³/mol. The molecular weight excluding hydrogens is 338 g/mol. The Hall–Kier alpha value is -3.55.